The van der Waals surface area contributed by atoms with Gasteiger partial charge >= 0.3 is 12.0 Å². The first-order valence-corrected chi connectivity index (χ1v) is 5.66. The zero-order valence-electron chi connectivity index (χ0n) is 11.0. The molecule has 0 spiro atoms. The summed E-state index contributed by atoms with van der Waals surface area (Å²) in [5.41, 5.74) is 0. The molecule has 0 heterocycles. The van der Waals surface area contributed by atoms with Gasteiger partial charge in [-0.1, -0.05) is 0 Å². The molecule has 0 aromatic rings. The highest BCUT2D eigenvalue weighted by Crippen LogP contribution is 2.03. The number of aliphatic carboxylic acids is 1. The Balaban J connectivity index is 4.36. The number of amides is 2. The Kier molecular flexibility index (Phi) is 7.29. The molecule has 17 heavy (non-hydrogen) atoms. The van der Waals surface area contributed by atoms with Crippen molar-refractivity contribution < 1.29 is 19.4 Å². The molecule has 6 nitrogen and oxygen atoms in total. The Hall–Kier alpha value is -1.30. The van der Waals surface area contributed by atoms with E-state index >= 15 is 0 Å². The molecule has 0 fully saturated rings. The normalized spacial score (nSPS) is 12.0. The molecule has 0 aliphatic heterocycles. The molecule has 0 saturated heterocycles. The van der Waals surface area contributed by atoms with Crippen molar-refractivity contribution in [2.45, 2.75) is 26.3 Å². The molecular weight excluding hydrogens is 224 g/mol. The highest BCUT2D eigenvalue weighted by Gasteiger charge is 2.21. The van der Waals surface area contributed by atoms with Gasteiger partial charge in [0, 0.05) is 27.2 Å². The molecule has 100 valence electrons. The maximum absolute atomic E-state index is 12.0. The molecule has 0 radical (unpaired) electrons. The molecule has 1 N–H and O–H groups in total. The van der Waals surface area contributed by atoms with Crippen LogP contribution in [0, 0.1) is 0 Å². The zero-order chi connectivity index (χ0) is 13.4. The van der Waals surface area contributed by atoms with E-state index in [0.717, 1.165) is 0 Å². The van der Waals surface area contributed by atoms with Crippen molar-refractivity contribution in [3.8, 4) is 0 Å². The van der Waals surface area contributed by atoms with E-state index in [9.17, 15) is 9.59 Å². The summed E-state index contributed by atoms with van der Waals surface area (Å²) in [6.45, 7) is 4.89. The largest absolute Gasteiger partial charge is 0.481 e. The highest BCUT2D eigenvalue weighted by molar-refractivity contribution is 5.75. The fourth-order valence-electron chi connectivity index (χ4n) is 1.38. The van der Waals surface area contributed by atoms with Gasteiger partial charge in [0.25, 0.3) is 0 Å². The summed E-state index contributed by atoms with van der Waals surface area (Å²) >= 11 is 0. The summed E-state index contributed by atoms with van der Waals surface area (Å²) in [7, 11) is 3.27. The van der Waals surface area contributed by atoms with Crippen LogP contribution in [0.3, 0.4) is 0 Å². The van der Waals surface area contributed by atoms with E-state index in [-0.39, 0.29) is 25.0 Å². The van der Waals surface area contributed by atoms with Crippen molar-refractivity contribution in [1.82, 2.24) is 9.80 Å². The second-order valence-corrected chi connectivity index (χ2v) is 3.92. The molecule has 0 bridgehead atoms. The number of rotatable bonds is 7. The van der Waals surface area contributed by atoms with Crippen molar-refractivity contribution in [1.29, 1.82) is 0 Å². The predicted octanol–water partition coefficient (Wildman–Crippen LogP) is 0.870. The minimum absolute atomic E-state index is 0.0356. The number of hydrogen-bond donors (Lipinski definition) is 1. The maximum atomic E-state index is 12.0. The van der Waals surface area contributed by atoms with E-state index in [2.05, 4.69) is 0 Å². The Labute approximate surface area is 102 Å². The number of ether oxygens (including phenoxy) is 1. The van der Waals surface area contributed by atoms with E-state index < -0.39 is 5.97 Å². The van der Waals surface area contributed by atoms with Crippen LogP contribution in [0.5, 0.6) is 0 Å². The monoisotopic (exact) mass is 246 g/mol. The molecule has 0 rings (SSSR count). The maximum Gasteiger partial charge on any atom is 0.320 e. The van der Waals surface area contributed by atoms with Crippen molar-refractivity contribution >= 4 is 12.0 Å². The smallest absolute Gasteiger partial charge is 0.320 e. The Bertz CT molecular complexity index is 258. The molecular formula is C11H22N2O4. The van der Waals surface area contributed by atoms with Gasteiger partial charge in [-0.3, -0.25) is 4.79 Å². The number of nitrogens with zero attached hydrogens (tertiary/aromatic N) is 2. The molecule has 0 saturated carbocycles. The van der Waals surface area contributed by atoms with Gasteiger partial charge in [-0.05, 0) is 13.8 Å². The first kappa shape index (κ1) is 15.7. The van der Waals surface area contributed by atoms with Crippen molar-refractivity contribution in [2.24, 2.45) is 0 Å². The minimum atomic E-state index is -0.899. The number of methoxy groups -OCH3 is 1. The number of carboxylic acids is 1. The zero-order valence-corrected chi connectivity index (χ0v) is 11.0. The Morgan fingerprint density at radius 2 is 2.00 bits per heavy atom. The van der Waals surface area contributed by atoms with Crippen molar-refractivity contribution in [3.05, 3.63) is 0 Å². The highest BCUT2D eigenvalue weighted by atomic mass is 16.5. The quantitative estimate of drug-likeness (QED) is 0.723. The lowest BCUT2D eigenvalue weighted by Crippen LogP contribution is -2.47. The first-order valence-electron chi connectivity index (χ1n) is 5.66. The molecule has 0 aromatic heterocycles. The lowest BCUT2D eigenvalue weighted by molar-refractivity contribution is -0.137. The summed E-state index contributed by atoms with van der Waals surface area (Å²) in [5.74, 6) is -0.899. The molecule has 0 aliphatic rings. The van der Waals surface area contributed by atoms with Gasteiger partial charge in [-0.2, -0.15) is 0 Å². The van der Waals surface area contributed by atoms with E-state index in [4.69, 9.17) is 9.84 Å². The van der Waals surface area contributed by atoms with E-state index in [0.29, 0.717) is 13.2 Å². The van der Waals surface area contributed by atoms with E-state index in [1.54, 1.807) is 19.1 Å². The summed E-state index contributed by atoms with van der Waals surface area (Å²) in [6, 6.07) is -0.204. The number of carbonyl (C=O) groups excluding carboxylic acids is 1. The van der Waals surface area contributed by atoms with Crippen LogP contribution in [-0.4, -0.2) is 66.8 Å². The topological polar surface area (TPSA) is 70.1 Å². The van der Waals surface area contributed by atoms with Gasteiger partial charge < -0.3 is 19.6 Å². The number of likely N-dealkylation sites (N-methyl/N-ethyl adjacent to an activating group) is 1. The third-order valence-electron chi connectivity index (χ3n) is 2.62. The fraction of sp³-hybridized carbons (Fsp3) is 0.818. The first-order chi connectivity index (χ1) is 7.93. The van der Waals surface area contributed by atoms with Crippen LogP contribution in [0.15, 0.2) is 0 Å². The van der Waals surface area contributed by atoms with Crippen LogP contribution in [0.4, 0.5) is 4.79 Å². The second-order valence-electron chi connectivity index (χ2n) is 3.92. The molecule has 2 amide bonds. The summed E-state index contributed by atoms with van der Waals surface area (Å²) < 4.78 is 4.98. The van der Waals surface area contributed by atoms with Crippen LogP contribution in [0.1, 0.15) is 20.3 Å². The van der Waals surface area contributed by atoms with Gasteiger partial charge in [0.05, 0.1) is 19.1 Å². The number of carbonyl (C=O) groups is 2. The van der Waals surface area contributed by atoms with E-state index in [1.165, 1.54) is 4.90 Å². The minimum Gasteiger partial charge on any atom is -0.481 e. The van der Waals surface area contributed by atoms with Gasteiger partial charge in [-0.15, -0.1) is 0 Å². The van der Waals surface area contributed by atoms with Crippen LogP contribution in [0.2, 0.25) is 0 Å². The third kappa shape index (κ3) is 5.53. The van der Waals surface area contributed by atoms with Crippen LogP contribution >= 0.6 is 0 Å². The molecule has 1 atom stereocenters. The predicted molar refractivity (Wildman–Crippen MR) is 64.0 cm³/mol. The van der Waals surface area contributed by atoms with Gasteiger partial charge in [0.2, 0.25) is 0 Å². The summed E-state index contributed by atoms with van der Waals surface area (Å²) in [4.78, 5) is 25.6. The van der Waals surface area contributed by atoms with E-state index in [1.807, 2.05) is 13.8 Å². The van der Waals surface area contributed by atoms with Crippen LogP contribution < -0.4 is 0 Å². The number of hydrogen-bond acceptors (Lipinski definition) is 3. The van der Waals surface area contributed by atoms with Gasteiger partial charge in [0.15, 0.2) is 0 Å². The average Bonchev–Trinajstić information content (AvgIpc) is 2.28. The SMILES string of the molecule is CCN(CCC(=O)O)C(=O)N(C)C(C)COC. The standard InChI is InChI=1S/C11H22N2O4/c1-5-13(7-6-10(14)15)11(16)12(3)9(2)8-17-4/h9H,5-8H2,1-4H3,(H,14,15). The molecule has 0 aromatic carbocycles. The van der Waals surface area contributed by atoms with Gasteiger partial charge in [0.1, 0.15) is 0 Å². The molecule has 0 aliphatic carbocycles. The van der Waals surface area contributed by atoms with Crippen LogP contribution in [0.25, 0.3) is 0 Å². The summed E-state index contributed by atoms with van der Waals surface area (Å²) in [6.07, 6.45) is -0.0356. The van der Waals surface area contributed by atoms with Crippen LogP contribution in [-0.2, 0) is 9.53 Å². The summed E-state index contributed by atoms with van der Waals surface area (Å²) in [5, 5.41) is 8.60. The molecule has 6 heteroatoms. The Morgan fingerprint density at radius 3 is 2.41 bits per heavy atom. The lowest BCUT2D eigenvalue weighted by atomic mass is 10.3. The number of urea groups is 1. The third-order valence-corrected chi connectivity index (χ3v) is 2.62. The van der Waals surface area contributed by atoms with Crippen molar-refractivity contribution in [2.75, 3.05) is 33.9 Å². The molecule has 1 unspecified atom stereocenters. The lowest BCUT2D eigenvalue weighted by Gasteiger charge is -2.30. The van der Waals surface area contributed by atoms with Crippen molar-refractivity contribution in [3.63, 3.8) is 0 Å². The second kappa shape index (κ2) is 7.89. The van der Waals surface area contributed by atoms with Gasteiger partial charge in [-0.25, -0.2) is 4.79 Å². The average molecular weight is 246 g/mol. The Morgan fingerprint density at radius 1 is 1.41 bits per heavy atom. The number of carboxylic acid groups (broad SMARTS) is 1. The fourth-order valence-corrected chi connectivity index (χ4v) is 1.38.